The van der Waals surface area contributed by atoms with Crippen molar-refractivity contribution in [2.24, 2.45) is 4.99 Å². The Morgan fingerprint density at radius 3 is 2.87 bits per heavy atom. The number of hydrogen-bond acceptors (Lipinski definition) is 3. The van der Waals surface area contributed by atoms with E-state index in [1.165, 1.54) is 12.1 Å². The van der Waals surface area contributed by atoms with Crippen molar-refractivity contribution in [2.75, 3.05) is 26.2 Å². The average Bonchev–Trinajstić information content (AvgIpc) is 3.26. The topological polar surface area (TPSA) is 81.8 Å². The van der Waals surface area contributed by atoms with Gasteiger partial charge in [-0.1, -0.05) is 0 Å². The lowest BCUT2D eigenvalue weighted by Crippen LogP contribution is -2.44. The SMILES string of the molecule is CCNC(=NCCc1c[nH]c2cc(F)ccc12)N1CCC(NC(=O)OC(C)(C)C)C1.I. The van der Waals surface area contributed by atoms with E-state index in [9.17, 15) is 9.18 Å². The number of hydrogen-bond donors (Lipinski definition) is 3. The van der Waals surface area contributed by atoms with Crippen LogP contribution in [0.25, 0.3) is 10.9 Å². The molecule has 0 saturated carbocycles. The maximum absolute atomic E-state index is 13.4. The second-order valence-corrected chi connectivity index (χ2v) is 8.57. The number of ether oxygens (including phenoxy) is 1. The van der Waals surface area contributed by atoms with Crippen LogP contribution >= 0.6 is 24.0 Å². The first-order valence-electron chi connectivity index (χ1n) is 10.5. The third-order valence-electron chi connectivity index (χ3n) is 4.92. The van der Waals surface area contributed by atoms with Crippen molar-refractivity contribution in [2.45, 2.75) is 52.2 Å². The van der Waals surface area contributed by atoms with Crippen LogP contribution in [-0.4, -0.2) is 59.8 Å². The number of aromatic amines is 1. The molecule has 9 heteroatoms. The fourth-order valence-corrected chi connectivity index (χ4v) is 3.62. The van der Waals surface area contributed by atoms with Gasteiger partial charge in [0, 0.05) is 43.3 Å². The molecule has 31 heavy (non-hydrogen) atoms. The van der Waals surface area contributed by atoms with Crippen LogP contribution in [0.3, 0.4) is 0 Å². The summed E-state index contributed by atoms with van der Waals surface area (Å²) in [5, 5.41) is 7.31. The number of halogens is 2. The highest BCUT2D eigenvalue weighted by Gasteiger charge is 2.27. The molecule has 1 amide bonds. The number of rotatable bonds is 5. The van der Waals surface area contributed by atoms with Gasteiger partial charge < -0.3 is 25.3 Å². The number of likely N-dealkylation sites (tertiary alicyclic amines) is 1. The Hall–Kier alpha value is -2.04. The monoisotopic (exact) mass is 545 g/mol. The van der Waals surface area contributed by atoms with E-state index in [2.05, 4.69) is 20.5 Å². The molecule has 0 aliphatic carbocycles. The van der Waals surface area contributed by atoms with Gasteiger partial charge in [-0.3, -0.25) is 4.99 Å². The molecule has 3 rings (SSSR count). The summed E-state index contributed by atoms with van der Waals surface area (Å²) >= 11 is 0. The summed E-state index contributed by atoms with van der Waals surface area (Å²) in [4.78, 5) is 22.1. The Morgan fingerprint density at radius 1 is 1.39 bits per heavy atom. The molecule has 1 unspecified atom stereocenters. The standard InChI is InChI=1S/C22H32FN5O2.HI/c1-5-24-20(28-11-9-17(14-28)27-21(29)30-22(2,3)4)25-10-8-15-13-26-19-12-16(23)6-7-18(15)19;/h6-7,12-13,17,26H,5,8-11,14H2,1-4H3,(H,24,25)(H,27,29);1H. The van der Waals surface area contributed by atoms with Gasteiger partial charge in [-0.05, 0) is 64.3 Å². The molecule has 3 N–H and O–H groups in total. The highest BCUT2D eigenvalue weighted by Crippen LogP contribution is 2.20. The molecule has 1 atom stereocenters. The number of amides is 1. The number of carbonyl (C=O) groups is 1. The highest BCUT2D eigenvalue weighted by molar-refractivity contribution is 14.0. The predicted octanol–water partition coefficient (Wildman–Crippen LogP) is 4.03. The number of aliphatic imine (C=N–C) groups is 1. The molecule has 7 nitrogen and oxygen atoms in total. The van der Waals surface area contributed by atoms with Gasteiger partial charge in [-0.25, -0.2) is 9.18 Å². The summed E-state index contributed by atoms with van der Waals surface area (Å²) in [6.07, 6.45) is 3.14. The maximum atomic E-state index is 13.4. The van der Waals surface area contributed by atoms with Crippen LogP contribution in [0.1, 0.15) is 39.7 Å². The first kappa shape index (κ1) is 25.2. The van der Waals surface area contributed by atoms with Crippen LogP contribution in [0.4, 0.5) is 9.18 Å². The van der Waals surface area contributed by atoms with Crippen molar-refractivity contribution in [3.8, 4) is 0 Å². The Morgan fingerprint density at radius 2 is 2.16 bits per heavy atom. The van der Waals surface area contributed by atoms with Crippen molar-refractivity contribution in [3.05, 3.63) is 35.8 Å². The molecule has 2 aromatic rings. The zero-order valence-corrected chi connectivity index (χ0v) is 21.0. The van der Waals surface area contributed by atoms with Gasteiger partial charge in [0.05, 0.1) is 6.04 Å². The fraction of sp³-hybridized carbons (Fsp3) is 0.545. The minimum atomic E-state index is -0.507. The van der Waals surface area contributed by atoms with Crippen LogP contribution in [0.5, 0.6) is 0 Å². The van der Waals surface area contributed by atoms with Crippen LogP contribution in [0, 0.1) is 5.82 Å². The molecule has 1 saturated heterocycles. The number of fused-ring (bicyclic) bond motifs is 1. The molecule has 1 aromatic carbocycles. The van der Waals surface area contributed by atoms with Crippen LogP contribution in [0.2, 0.25) is 0 Å². The van der Waals surface area contributed by atoms with E-state index in [-0.39, 0.29) is 41.9 Å². The number of guanidine groups is 1. The van der Waals surface area contributed by atoms with Crippen molar-refractivity contribution in [3.63, 3.8) is 0 Å². The van der Waals surface area contributed by atoms with Crippen molar-refractivity contribution < 1.29 is 13.9 Å². The Bertz CT molecular complexity index is 909. The second-order valence-electron chi connectivity index (χ2n) is 8.57. The Balaban J connectivity index is 0.00000341. The van der Waals surface area contributed by atoms with Gasteiger partial charge in [-0.2, -0.15) is 0 Å². The molecule has 0 bridgehead atoms. The third-order valence-corrected chi connectivity index (χ3v) is 4.92. The lowest BCUT2D eigenvalue weighted by Gasteiger charge is -2.23. The number of nitrogens with one attached hydrogen (secondary N) is 3. The van der Waals surface area contributed by atoms with E-state index in [4.69, 9.17) is 9.73 Å². The fourth-order valence-electron chi connectivity index (χ4n) is 3.62. The molecule has 1 aromatic heterocycles. The van der Waals surface area contributed by atoms with Crippen LogP contribution in [-0.2, 0) is 11.2 Å². The second kappa shape index (κ2) is 11.0. The summed E-state index contributed by atoms with van der Waals surface area (Å²) in [6.45, 7) is 10.5. The van der Waals surface area contributed by atoms with E-state index < -0.39 is 5.60 Å². The van der Waals surface area contributed by atoms with Gasteiger partial charge in [0.25, 0.3) is 0 Å². The lowest BCUT2D eigenvalue weighted by molar-refractivity contribution is 0.0507. The first-order chi connectivity index (χ1) is 14.2. The molecule has 1 aliphatic heterocycles. The minimum absolute atomic E-state index is 0. The van der Waals surface area contributed by atoms with E-state index in [1.54, 1.807) is 6.07 Å². The zero-order chi connectivity index (χ0) is 21.7. The Labute approximate surface area is 200 Å². The summed E-state index contributed by atoms with van der Waals surface area (Å²) < 4.78 is 18.7. The minimum Gasteiger partial charge on any atom is -0.444 e. The van der Waals surface area contributed by atoms with E-state index in [0.29, 0.717) is 13.1 Å². The number of carbonyl (C=O) groups excluding carboxylic acids is 1. The van der Waals surface area contributed by atoms with Crippen LogP contribution < -0.4 is 10.6 Å². The molecule has 1 aliphatic rings. The number of aromatic nitrogens is 1. The van der Waals surface area contributed by atoms with Gasteiger partial charge in [0.15, 0.2) is 5.96 Å². The van der Waals surface area contributed by atoms with Crippen LogP contribution in [0.15, 0.2) is 29.4 Å². The first-order valence-corrected chi connectivity index (χ1v) is 10.5. The van der Waals surface area contributed by atoms with E-state index >= 15 is 0 Å². The molecule has 0 spiro atoms. The van der Waals surface area contributed by atoms with Crippen molar-refractivity contribution in [1.82, 2.24) is 20.5 Å². The molecule has 1 fully saturated rings. The van der Waals surface area contributed by atoms with Crippen molar-refractivity contribution in [1.29, 1.82) is 0 Å². The normalized spacial score (nSPS) is 16.9. The summed E-state index contributed by atoms with van der Waals surface area (Å²) in [6, 6.07) is 4.83. The molecule has 2 heterocycles. The average molecular weight is 545 g/mol. The molecule has 172 valence electrons. The summed E-state index contributed by atoms with van der Waals surface area (Å²) in [5.74, 6) is 0.601. The largest absolute Gasteiger partial charge is 0.444 e. The lowest BCUT2D eigenvalue weighted by atomic mass is 10.1. The van der Waals surface area contributed by atoms with E-state index in [0.717, 1.165) is 48.4 Å². The summed E-state index contributed by atoms with van der Waals surface area (Å²) in [5.41, 5.74) is 1.42. The number of alkyl carbamates (subject to hydrolysis) is 1. The molecule has 0 radical (unpaired) electrons. The number of benzene rings is 1. The maximum Gasteiger partial charge on any atom is 0.407 e. The van der Waals surface area contributed by atoms with E-state index in [1.807, 2.05) is 33.9 Å². The van der Waals surface area contributed by atoms with Gasteiger partial charge in [-0.15, -0.1) is 24.0 Å². The quantitative estimate of drug-likeness (QED) is 0.301. The van der Waals surface area contributed by atoms with Gasteiger partial charge in [0.1, 0.15) is 11.4 Å². The van der Waals surface area contributed by atoms with Crippen molar-refractivity contribution >= 4 is 46.9 Å². The smallest absolute Gasteiger partial charge is 0.407 e. The predicted molar refractivity (Wildman–Crippen MR) is 133 cm³/mol. The Kier molecular flexibility index (Phi) is 8.96. The highest BCUT2D eigenvalue weighted by atomic mass is 127. The van der Waals surface area contributed by atoms with Gasteiger partial charge >= 0.3 is 6.09 Å². The third kappa shape index (κ3) is 7.26. The summed E-state index contributed by atoms with van der Waals surface area (Å²) in [7, 11) is 0. The number of nitrogens with zero attached hydrogens (tertiary/aromatic N) is 2. The zero-order valence-electron chi connectivity index (χ0n) is 18.6. The molecular weight excluding hydrogens is 512 g/mol. The number of H-pyrrole nitrogens is 1. The van der Waals surface area contributed by atoms with Gasteiger partial charge in [0.2, 0.25) is 0 Å². The molecular formula is C22H33FIN5O2.